The van der Waals surface area contributed by atoms with Crippen LogP contribution in [0.4, 0.5) is 10.3 Å². The number of fused-ring (bicyclic) bond motifs is 3. The predicted octanol–water partition coefficient (Wildman–Crippen LogP) is 6.09. The van der Waals surface area contributed by atoms with Gasteiger partial charge in [-0.15, -0.1) is 0 Å². The van der Waals surface area contributed by atoms with E-state index in [1.807, 2.05) is 12.1 Å². The molecule has 0 atom stereocenters. The molecule has 0 unspecified atom stereocenters. The zero-order valence-electron chi connectivity index (χ0n) is 15.3. The quantitative estimate of drug-likeness (QED) is 0.439. The number of halogens is 1. The second-order valence-corrected chi connectivity index (χ2v) is 7.36. The Morgan fingerprint density at radius 1 is 0.929 bits per heavy atom. The van der Waals surface area contributed by atoms with E-state index in [4.69, 9.17) is 8.83 Å². The van der Waals surface area contributed by atoms with E-state index in [1.165, 1.54) is 12.5 Å². The Morgan fingerprint density at radius 3 is 2.50 bits per heavy atom. The largest absolute Gasteiger partial charge is 0.439 e. The van der Waals surface area contributed by atoms with Crippen molar-refractivity contribution in [2.75, 3.05) is 5.32 Å². The number of hydrogen-bond donors (Lipinski definition) is 1. The second-order valence-electron chi connectivity index (χ2n) is 7.36. The lowest BCUT2D eigenvalue weighted by molar-refractivity contribution is 0.453. The van der Waals surface area contributed by atoms with Gasteiger partial charge in [0.15, 0.2) is 5.58 Å². The first-order valence-electron chi connectivity index (χ1n) is 9.72. The summed E-state index contributed by atoms with van der Waals surface area (Å²) in [5.74, 6) is 0.0418. The second kappa shape index (κ2) is 6.82. The third-order valence-corrected chi connectivity index (χ3v) is 5.53. The van der Waals surface area contributed by atoms with Gasteiger partial charge in [0.05, 0.1) is 10.9 Å². The van der Waals surface area contributed by atoms with E-state index >= 15 is 0 Å². The molecule has 1 saturated carbocycles. The molecule has 4 nitrogen and oxygen atoms in total. The molecule has 5 heteroatoms. The van der Waals surface area contributed by atoms with Crippen molar-refractivity contribution >= 4 is 27.8 Å². The van der Waals surface area contributed by atoms with Crippen molar-refractivity contribution in [2.24, 2.45) is 0 Å². The third-order valence-electron chi connectivity index (χ3n) is 5.53. The first-order chi connectivity index (χ1) is 13.7. The van der Waals surface area contributed by atoms with Gasteiger partial charge < -0.3 is 14.2 Å². The number of rotatable bonds is 3. The number of anilines is 1. The molecule has 2 aromatic heterocycles. The van der Waals surface area contributed by atoms with E-state index in [9.17, 15) is 9.18 Å². The predicted molar refractivity (Wildman–Crippen MR) is 108 cm³/mol. The number of furan rings is 1. The van der Waals surface area contributed by atoms with Crippen LogP contribution in [0.1, 0.15) is 32.1 Å². The van der Waals surface area contributed by atoms with Crippen molar-refractivity contribution in [3.63, 3.8) is 0 Å². The van der Waals surface area contributed by atoms with E-state index in [2.05, 4.69) is 5.32 Å². The first kappa shape index (κ1) is 17.0. The van der Waals surface area contributed by atoms with Gasteiger partial charge in [0.2, 0.25) is 5.88 Å². The van der Waals surface area contributed by atoms with Crippen LogP contribution in [0.25, 0.3) is 33.1 Å². The summed E-state index contributed by atoms with van der Waals surface area (Å²) in [6.07, 6.45) is 5.59. The molecule has 5 rings (SSSR count). The van der Waals surface area contributed by atoms with Gasteiger partial charge in [-0.05, 0) is 31.0 Å². The molecule has 142 valence electrons. The van der Waals surface area contributed by atoms with Crippen LogP contribution in [0, 0.1) is 5.82 Å². The summed E-state index contributed by atoms with van der Waals surface area (Å²) in [6, 6.07) is 13.9. The Bertz CT molecular complexity index is 1220. The van der Waals surface area contributed by atoms with Crippen LogP contribution in [-0.4, -0.2) is 6.04 Å². The van der Waals surface area contributed by atoms with E-state index in [-0.39, 0.29) is 11.4 Å². The van der Waals surface area contributed by atoms with E-state index < -0.39 is 11.4 Å². The van der Waals surface area contributed by atoms with Crippen molar-refractivity contribution in [1.29, 1.82) is 0 Å². The minimum absolute atomic E-state index is 0.248. The fraction of sp³-hybridized carbons (Fsp3) is 0.261. The summed E-state index contributed by atoms with van der Waals surface area (Å²) in [5.41, 5.74) is 1.15. The number of benzene rings is 2. The minimum Gasteiger partial charge on any atom is -0.439 e. The number of para-hydroxylation sites is 1. The van der Waals surface area contributed by atoms with Crippen molar-refractivity contribution in [3.8, 4) is 11.1 Å². The zero-order valence-corrected chi connectivity index (χ0v) is 15.3. The average Bonchev–Trinajstić information content (AvgIpc) is 3.09. The highest BCUT2D eigenvalue weighted by molar-refractivity contribution is 6.09. The lowest BCUT2D eigenvalue weighted by Crippen LogP contribution is -2.22. The molecule has 1 aliphatic carbocycles. The van der Waals surface area contributed by atoms with Crippen LogP contribution >= 0.6 is 0 Å². The summed E-state index contributed by atoms with van der Waals surface area (Å²) < 4.78 is 26.4. The molecule has 1 N–H and O–H groups in total. The lowest BCUT2D eigenvalue weighted by atomic mass is 9.95. The highest BCUT2D eigenvalue weighted by atomic mass is 19.1. The molecule has 1 aliphatic rings. The standard InChI is InChI=1S/C23H20FNO3/c24-17-12-6-4-10-15(17)19-20-21(16-11-5-7-13-18(16)27-23(20)26)28-22(19)25-14-8-2-1-3-9-14/h4-7,10-14,25H,1-3,8-9H2. The van der Waals surface area contributed by atoms with Crippen molar-refractivity contribution < 1.29 is 13.2 Å². The summed E-state index contributed by atoms with van der Waals surface area (Å²) in [7, 11) is 0. The third kappa shape index (κ3) is 2.78. The number of hydrogen-bond acceptors (Lipinski definition) is 4. The monoisotopic (exact) mass is 377 g/mol. The van der Waals surface area contributed by atoms with Crippen LogP contribution in [0.2, 0.25) is 0 Å². The summed E-state index contributed by atoms with van der Waals surface area (Å²) in [4.78, 5) is 12.8. The van der Waals surface area contributed by atoms with Gasteiger partial charge in [-0.2, -0.15) is 0 Å². The van der Waals surface area contributed by atoms with Gasteiger partial charge in [0.1, 0.15) is 16.8 Å². The topological polar surface area (TPSA) is 55.4 Å². The molecule has 0 saturated heterocycles. The Morgan fingerprint density at radius 2 is 1.68 bits per heavy atom. The van der Waals surface area contributed by atoms with Crippen molar-refractivity contribution in [2.45, 2.75) is 38.1 Å². The van der Waals surface area contributed by atoms with Crippen molar-refractivity contribution in [3.05, 3.63) is 64.8 Å². The highest BCUT2D eigenvalue weighted by Gasteiger charge is 2.26. The van der Waals surface area contributed by atoms with Gasteiger partial charge in [-0.1, -0.05) is 49.6 Å². The Balaban J connectivity index is 1.80. The first-order valence-corrected chi connectivity index (χ1v) is 9.72. The summed E-state index contributed by atoms with van der Waals surface area (Å²) >= 11 is 0. The van der Waals surface area contributed by atoms with E-state index in [0.717, 1.165) is 25.7 Å². The van der Waals surface area contributed by atoms with E-state index in [0.29, 0.717) is 33.6 Å². The average molecular weight is 377 g/mol. The smallest absolute Gasteiger partial charge is 0.348 e. The fourth-order valence-electron chi connectivity index (χ4n) is 4.16. The molecule has 0 bridgehead atoms. The molecule has 0 spiro atoms. The van der Waals surface area contributed by atoms with Gasteiger partial charge in [0, 0.05) is 11.6 Å². The molecule has 0 aliphatic heterocycles. The molecule has 2 heterocycles. The Kier molecular flexibility index (Phi) is 4.15. The SMILES string of the molecule is O=c1oc2ccccc2c2oc(NC3CCCCC3)c(-c3ccccc3F)c12. The molecule has 0 radical (unpaired) electrons. The minimum atomic E-state index is -0.521. The van der Waals surface area contributed by atoms with Crippen LogP contribution in [0.3, 0.4) is 0 Å². The molecule has 28 heavy (non-hydrogen) atoms. The van der Waals surface area contributed by atoms with Gasteiger partial charge in [-0.25, -0.2) is 9.18 Å². The molecule has 4 aromatic rings. The Labute approximate surface area is 161 Å². The van der Waals surface area contributed by atoms with Crippen LogP contribution in [0.15, 0.2) is 62.2 Å². The van der Waals surface area contributed by atoms with Gasteiger partial charge in [0.25, 0.3) is 0 Å². The number of nitrogens with one attached hydrogen (secondary N) is 1. The normalized spacial score (nSPS) is 15.3. The Hall–Kier alpha value is -3.08. The molecular formula is C23H20FNO3. The van der Waals surface area contributed by atoms with Crippen LogP contribution in [0.5, 0.6) is 0 Å². The van der Waals surface area contributed by atoms with Crippen LogP contribution in [-0.2, 0) is 0 Å². The highest BCUT2D eigenvalue weighted by Crippen LogP contribution is 2.41. The molecule has 0 amide bonds. The van der Waals surface area contributed by atoms with E-state index in [1.54, 1.807) is 30.3 Å². The van der Waals surface area contributed by atoms with Crippen LogP contribution < -0.4 is 10.9 Å². The summed E-state index contributed by atoms with van der Waals surface area (Å²) in [5, 5.41) is 4.42. The van der Waals surface area contributed by atoms with Gasteiger partial charge in [-0.3, -0.25) is 0 Å². The molecular weight excluding hydrogens is 357 g/mol. The van der Waals surface area contributed by atoms with Crippen molar-refractivity contribution in [1.82, 2.24) is 0 Å². The van der Waals surface area contributed by atoms with Gasteiger partial charge >= 0.3 is 5.63 Å². The maximum atomic E-state index is 14.7. The lowest BCUT2D eigenvalue weighted by Gasteiger charge is -2.23. The maximum absolute atomic E-state index is 14.7. The fourth-order valence-corrected chi connectivity index (χ4v) is 4.16. The summed E-state index contributed by atoms with van der Waals surface area (Å²) in [6.45, 7) is 0. The maximum Gasteiger partial charge on any atom is 0.348 e. The molecule has 1 fully saturated rings. The molecule has 2 aromatic carbocycles. The zero-order chi connectivity index (χ0) is 19.1.